The number of aromatic nitrogens is 4. The lowest BCUT2D eigenvalue weighted by Crippen LogP contribution is -2.25. The predicted molar refractivity (Wildman–Crippen MR) is 109 cm³/mol. The molecule has 0 atom stereocenters. The molecule has 0 aliphatic heterocycles. The monoisotopic (exact) mass is 375 g/mol. The summed E-state index contributed by atoms with van der Waals surface area (Å²) in [6, 6.07) is 12.2. The van der Waals surface area contributed by atoms with Crippen LogP contribution in [-0.4, -0.2) is 44.7 Å². The maximum atomic E-state index is 12.6. The topological polar surface area (TPSA) is 76.0 Å². The molecule has 1 aromatic carbocycles. The van der Waals surface area contributed by atoms with Gasteiger partial charge < -0.3 is 14.2 Å². The summed E-state index contributed by atoms with van der Waals surface area (Å²) >= 11 is 0. The first kappa shape index (κ1) is 17.8. The molecule has 3 aromatic heterocycles. The number of ether oxygens (including phenoxy) is 1. The Morgan fingerprint density at radius 3 is 2.93 bits per heavy atom. The summed E-state index contributed by atoms with van der Waals surface area (Å²) in [7, 11) is 5.37. The fourth-order valence-corrected chi connectivity index (χ4v) is 3.26. The van der Waals surface area contributed by atoms with E-state index in [1.807, 2.05) is 25.2 Å². The maximum absolute atomic E-state index is 12.6. The molecule has 4 aromatic rings. The van der Waals surface area contributed by atoms with E-state index in [1.165, 1.54) is 5.39 Å². The van der Waals surface area contributed by atoms with Gasteiger partial charge in [-0.1, -0.05) is 18.2 Å². The molecule has 0 saturated heterocycles. The number of methoxy groups -OCH3 is 1. The number of nitrogens with zero attached hydrogens (tertiary/aromatic N) is 4. The van der Waals surface area contributed by atoms with Gasteiger partial charge in [-0.2, -0.15) is 0 Å². The number of para-hydroxylation sites is 1. The van der Waals surface area contributed by atoms with Crippen molar-refractivity contribution < 1.29 is 9.53 Å². The minimum Gasteiger partial charge on any atom is -0.479 e. The average Bonchev–Trinajstić information content (AvgIpc) is 3.26. The number of carbonyl (C=O) groups excluding carboxylic acids is 1. The molecular formula is C21H21N5O2. The van der Waals surface area contributed by atoms with Gasteiger partial charge in [0.05, 0.1) is 19.0 Å². The number of amides is 1. The highest BCUT2D eigenvalue weighted by Crippen LogP contribution is 2.22. The number of pyridine rings is 1. The first-order chi connectivity index (χ1) is 13.6. The summed E-state index contributed by atoms with van der Waals surface area (Å²) in [4.78, 5) is 18.5. The van der Waals surface area contributed by atoms with Crippen LogP contribution in [0.4, 0.5) is 0 Å². The van der Waals surface area contributed by atoms with Crippen LogP contribution in [0.15, 0.2) is 48.7 Å². The second-order valence-corrected chi connectivity index (χ2v) is 6.68. The summed E-state index contributed by atoms with van der Waals surface area (Å²) in [5.41, 5.74) is 3.69. The van der Waals surface area contributed by atoms with Crippen LogP contribution in [-0.2, 0) is 18.4 Å². The van der Waals surface area contributed by atoms with Gasteiger partial charge in [0.25, 0.3) is 0 Å². The summed E-state index contributed by atoms with van der Waals surface area (Å²) in [6.45, 7) is 0.529. The first-order valence-electron chi connectivity index (χ1n) is 8.91. The quantitative estimate of drug-likeness (QED) is 0.544. The minimum atomic E-state index is -0.0792. The Balaban J connectivity index is 1.50. The van der Waals surface area contributed by atoms with Crippen molar-refractivity contribution in [1.29, 1.82) is 0 Å². The molecule has 0 aliphatic rings. The minimum absolute atomic E-state index is 0.0792. The van der Waals surface area contributed by atoms with Gasteiger partial charge in [-0.25, -0.2) is 4.98 Å². The molecule has 3 heterocycles. The van der Waals surface area contributed by atoms with E-state index >= 15 is 0 Å². The molecule has 142 valence electrons. The van der Waals surface area contributed by atoms with Crippen LogP contribution in [0.2, 0.25) is 0 Å². The van der Waals surface area contributed by atoms with Crippen LogP contribution >= 0.6 is 0 Å². The van der Waals surface area contributed by atoms with Crippen molar-refractivity contribution in [1.82, 2.24) is 24.6 Å². The van der Waals surface area contributed by atoms with E-state index in [9.17, 15) is 4.79 Å². The number of hydrogen-bond donors (Lipinski definition) is 1. The van der Waals surface area contributed by atoms with E-state index < -0.39 is 0 Å². The van der Waals surface area contributed by atoms with E-state index in [0.717, 1.165) is 22.2 Å². The van der Waals surface area contributed by atoms with Crippen molar-refractivity contribution >= 4 is 33.9 Å². The van der Waals surface area contributed by atoms with Crippen molar-refractivity contribution in [3.8, 4) is 5.88 Å². The highest BCUT2D eigenvalue weighted by molar-refractivity contribution is 5.92. The van der Waals surface area contributed by atoms with Crippen LogP contribution in [0.3, 0.4) is 0 Å². The number of likely N-dealkylation sites (N-methyl/N-ethyl adjacent to an activating group) is 1. The van der Waals surface area contributed by atoms with Crippen molar-refractivity contribution in [2.75, 3.05) is 14.2 Å². The molecule has 0 spiro atoms. The molecule has 7 heteroatoms. The van der Waals surface area contributed by atoms with Crippen molar-refractivity contribution in [2.24, 2.45) is 7.05 Å². The normalized spacial score (nSPS) is 11.5. The Kier molecular flexibility index (Phi) is 4.57. The molecule has 0 radical (unpaired) electrons. The van der Waals surface area contributed by atoms with Crippen LogP contribution in [0, 0.1) is 0 Å². The van der Waals surface area contributed by atoms with Gasteiger partial charge in [0.1, 0.15) is 0 Å². The Morgan fingerprint density at radius 2 is 2.14 bits per heavy atom. The van der Waals surface area contributed by atoms with Gasteiger partial charge in [-0.05, 0) is 35.2 Å². The fraction of sp³-hybridized carbons (Fsp3) is 0.190. The smallest absolute Gasteiger partial charge is 0.246 e. The standard InChI is InChI=1S/C21H21N5O2/c1-25(13-16-11-15-6-4-5-7-18(15)26(16)2)19(27)9-8-14-10-17-20(22-12-14)23-24-21(17)28-3/h4-12H,13H2,1-3H3,(H,22,23,24). The summed E-state index contributed by atoms with van der Waals surface area (Å²) in [6.07, 6.45) is 4.99. The molecule has 4 rings (SSSR count). The molecule has 1 N–H and O–H groups in total. The maximum Gasteiger partial charge on any atom is 0.246 e. The van der Waals surface area contributed by atoms with E-state index in [1.54, 1.807) is 37.4 Å². The van der Waals surface area contributed by atoms with E-state index in [2.05, 4.69) is 37.9 Å². The van der Waals surface area contributed by atoms with Crippen LogP contribution < -0.4 is 4.74 Å². The Morgan fingerprint density at radius 1 is 1.32 bits per heavy atom. The average molecular weight is 375 g/mol. The van der Waals surface area contributed by atoms with Crippen LogP contribution in [0.1, 0.15) is 11.3 Å². The number of carbonyl (C=O) groups is 1. The molecule has 7 nitrogen and oxygen atoms in total. The van der Waals surface area contributed by atoms with Gasteiger partial charge in [0.2, 0.25) is 11.8 Å². The van der Waals surface area contributed by atoms with Crippen LogP contribution in [0.5, 0.6) is 5.88 Å². The van der Waals surface area contributed by atoms with E-state index in [-0.39, 0.29) is 5.91 Å². The number of H-pyrrole nitrogens is 1. The first-order valence-corrected chi connectivity index (χ1v) is 8.91. The molecular weight excluding hydrogens is 354 g/mol. The highest BCUT2D eigenvalue weighted by atomic mass is 16.5. The molecule has 0 unspecified atom stereocenters. The molecule has 0 saturated carbocycles. The molecule has 28 heavy (non-hydrogen) atoms. The fourth-order valence-electron chi connectivity index (χ4n) is 3.26. The Bertz CT molecular complexity index is 1190. The number of fused-ring (bicyclic) bond motifs is 2. The zero-order chi connectivity index (χ0) is 19.7. The van der Waals surface area contributed by atoms with Crippen molar-refractivity contribution in [3.05, 3.63) is 59.9 Å². The second kappa shape index (κ2) is 7.19. The number of hydrogen-bond acceptors (Lipinski definition) is 4. The number of rotatable bonds is 5. The number of aromatic amines is 1. The Hall–Kier alpha value is -3.61. The molecule has 1 amide bonds. The third-order valence-electron chi connectivity index (χ3n) is 4.84. The Labute approximate surface area is 162 Å². The zero-order valence-electron chi connectivity index (χ0n) is 16.0. The van der Waals surface area contributed by atoms with E-state index in [4.69, 9.17) is 4.74 Å². The van der Waals surface area contributed by atoms with Gasteiger partial charge in [0.15, 0.2) is 5.65 Å². The van der Waals surface area contributed by atoms with Gasteiger partial charge >= 0.3 is 0 Å². The zero-order valence-corrected chi connectivity index (χ0v) is 16.0. The van der Waals surface area contributed by atoms with Crippen molar-refractivity contribution in [3.63, 3.8) is 0 Å². The van der Waals surface area contributed by atoms with E-state index in [0.29, 0.717) is 18.1 Å². The largest absolute Gasteiger partial charge is 0.479 e. The second-order valence-electron chi connectivity index (χ2n) is 6.68. The SMILES string of the molecule is COc1n[nH]c2ncc(C=CC(=O)N(C)Cc3cc4ccccc4n3C)cc12. The summed E-state index contributed by atoms with van der Waals surface area (Å²) in [5.74, 6) is 0.404. The van der Waals surface area contributed by atoms with Gasteiger partial charge in [-0.3, -0.25) is 9.89 Å². The lowest BCUT2D eigenvalue weighted by molar-refractivity contribution is -0.125. The lowest BCUT2D eigenvalue weighted by Gasteiger charge is -2.15. The number of benzene rings is 1. The number of aryl methyl sites for hydroxylation is 1. The van der Waals surface area contributed by atoms with Gasteiger partial charge in [-0.15, -0.1) is 5.10 Å². The third-order valence-corrected chi connectivity index (χ3v) is 4.84. The highest BCUT2D eigenvalue weighted by Gasteiger charge is 2.11. The van der Waals surface area contributed by atoms with Crippen LogP contribution in [0.25, 0.3) is 28.0 Å². The molecule has 0 aliphatic carbocycles. The molecule has 0 fully saturated rings. The van der Waals surface area contributed by atoms with Gasteiger partial charge in [0, 0.05) is 37.6 Å². The summed E-state index contributed by atoms with van der Waals surface area (Å²) in [5, 5.41) is 8.80. The molecule has 0 bridgehead atoms. The summed E-state index contributed by atoms with van der Waals surface area (Å²) < 4.78 is 7.32. The lowest BCUT2D eigenvalue weighted by atomic mass is 10.2. The third kappa shape index (κ3) is 3.22. The predicted octanol–water partition coefficient (Wildman–Crippen LogP) is 3.13. The number of nitrogens with one attached hydrogen (secondary N) is 1. The van der Waals surface area contributed by atoms with Crippen molar-refractivity contribution in [2.45, 2.75) is 6.54 Å².